The average molecular weight is 385 g/mol. The standard InChI is InChI=1S/C21H20FNO5/c1-14(21(25)23-17-7-5-16(22)6-8-17)28-20(24)10-4-15-3-9-18-19(13-15)27-12-2-11-26-18/h3-10,13-14H,2,11-12H2,1H3,(H,23,25)/b10-4+/t14-/m1/s1. The highest BCUT2D eigenvalue weighted by Gasteiger charge is 2.17. The second kappa shape index (κ2) is 9.03. The Kier molecular flexibility index (Phi) is 6.26. The molecule has 1 aliphatic rings. The molecular formula is C21H20FNO5. The maximum Gasteiger partial charge on any atom is 0.331 e. The summed E-state index contributed by atoms with van der Waals surface area (Å²) >= 11 is 0. The van der Waals surface area contributed by atoms with Crippen molar-refractivity contribution in [2.75, 3.05) is 18.5 Å². The maximum absolute atomic E-state index is 12.9. The number of carbonyl (C=O) groups is 2. The molecule has 6 nitrogen and oxygen atoms in total. The van der Waals surface area contributed by atoms with Crippen molar-refractivity contribution in [2.45, 2.75) is 19.4 Å². The van der Waals surface area contributed by atoms with Crippen LogP contribution in [-0.2, 0) is 14.3 Å². The third-order valence-corrected chi connectivity index (χ3v) is 3.96. The predicted octanol–water partition coefficient (Wildman–Crippen LogP) is 3.57. The van der Waals surface area contributed by atoms with Crippen molar-refractivity contribution in [2.24, 2.45) is 0 Å². The van der Waals surface area contributed by atoms with Crippen molar-refractivity contribution in [3.63, 3.8) is 0 Å². The highest BCUT2D eigenvalue weighted by molar-refractivity contribution is 5.96. The number of carbonyl (C=O) groups excluding carboxylic acids is 2. The van der Waals surface area contributed by atoms with Gasteiger partial charge in [-0.25, -0.2) is 9.18 Å². The quantitative estimate of drug-likeness (QED) is 0.629. The topological polar surface area (TPSA) is 73.9 Å². The Balaban J connectivity index is 1.54. The molecule has 0 saturated carbocycles. The molecule has 0 saturated heterocycles. The number of anilines is 1. The predicted molar refractivity (Wildman–Crippen MR) is 102 cm³/mol. The molecule has 0 aliphatic carbocycles. The minimum absolute atomic E-state index is 0.405. The van der Waals surface area contributed by atoms with Gasteiger partial charge in [0.2, 0.25) is 0 Å². The van der Waals surface area contributed by atoms with Gasteiger partial charge in [-0.15, -0.1) is 0 Å². The Bertz CT molecular complexity index is 879. The first-order valence-electron chi connectivity index (χ1n) is 8.86. The molecule has 1 atom stereocenters. The lowest BCUT2D eigenvalue weighted by atomic mass is 10.2. The molecular weight excluding hydrogens is 365 g/mol. The SMILES string of the molecule is C[C@@H](OC(=O)/C=C/c1ccc2c(c1)OCCCO2)C(=O)Nc1ccc(F)cc1. The van der Waals surface area contributed by atoms with Crippen molar-refractivity contribution >= 4 is 23.6 Å². The molecule has 0 fully saturated rings. The van der Waals surface area contributed by atoms with E-state index >= 15 is 0 Å². The second-order valence-electron chi connectivity index (χ2n) is 6.17. The zero-order valence-electron chi connectivity index (χ0n) is 15.3. The van der Waals surface area contributed by atoms with Crippen LogP contribution in [0.25, 0.3) is 6.08 Å². The molecule has 7 heteroatoms. The van der Waals surface area contributed by atoms with E-state index in [2.05, 4.69) is 5.32 Å². The summed E-state index contributed by atoms with van der Waals surface area (Å²) in [5.74, 6) is -0.279. The highest BCUT2D eigenvalue weighted by atomic mass is 19.1. The molecule has 28 heavy (non-hydrogen) atoms. The summed E-state index contributed by atoms with van der Waals surface area (Å²) in [6, 6.07) is 10.6. The second-order valence-corrected chi connectivity index (χ2v) is 6.17. The third kappa shape index (κ3) is 5.33. The van der Waals surface area contributed by atoms with Crippen molar-refractivity contribution in [3.8, 4) is 11.5 Å². The van der Waals surface area contributed by atoms with Gasteiger partial charge in [0.15, 0.2) is 17.6 Å². The van der Waals surface area contributed by atoms with Crippen molar-refractivity contribution < 1.29 is 28.2 Å². The van der Waals surface area contributed by atoms with Gasteiger partial charge in [-0.2, -0.15) is 0 Å². The number of hydrogen-bond donors (Lipinski definition) is 1. The van der Waals surface area contributed by atoms with Gasteiger partial charge < -0.3 is 19.5 Å². The van der Waals surface area contributed by atoms with E-state index in [9.17, 15) is 14.0 Å². The first kappa shape index (κ1) is 19.4. The number of benzene rings is 2. The van der Waals surface area contributed by atoms with Crippen LogP contribution in [-0.4, -0.2) is 31.2 Å². The largest absolute Gasteiger partial charge is 0.490 e. The van der Waals surface area contributed by atoms with Gasteiger partial charge in [0.1, 0.15) is 5.82 Å². The van der Waals surface area contributed by atoms with Crippen LogP contribution < -0.4 is 14.8 Å². The normalized spacial score (nSPS) is 14.2. The molecule has 1 amide bonds. The molecule has 146 valence electrons. The van der Waals surface area contributed by atoms with Gasteiger partial charge in [-0.05, 0) is 55.0 Å². The maximum atomic E-state index is 12.9. The summed E-state index contributed by atoms with van der Waals surface area (Å²) in [6.07, 6.45) is 2.61. The molecule has 0 aromatic heterocycles. The lowest BCUT2D eigenvalue weighted by molar-refractivity contribution is -0.148. The summed E-state index contributed by atoms with van der Waals surface area (Å²) in [4.78, 5) is 24.0. The molecule has 1 heterocycles. The summed E-state index contributed by atoms with van der Waals surface area (Å²) in [5.41, 5.74) is 1.15. The number of rotatable bonds is 5. The minimum atomic E-state index is -1.01. The van der Waals surface area contributed by atoms with E-state index in [0.717, 1.165) is 12.0 Å². The van der Waals surface area contributed by atoms with Gasteiger partial charge in [-0.1, -0.05) is 6.07 Å². The Morgan fingerprint density at radius 2 is 1.82 bits per heavy atom. The van der Waals surface area contributed by atoms with Gasteiger partial charge in [0, 0.05) is 18.2 Å². The average Bonchev–Trinajstić information content (AvgIpc) is 2.93. The molecule has 0 spiro atoms. The van der Waals surface area contributed by atoms with Gasteiger partial charge in [-0.3, -0.25) is 4.79 Å². The minimum Gasteiger partial charge on any atom is -0.490 e. The Morgan fingerprint density at radius 3 is 2.57 bits per heavy atom. The van der Waals surface area contributed by atoms with E-state index in [0.29, 0.717) is 30.4 Å². The molecule has 2 aromatic rings. The number of hydrogen-bond acceptors (Lipinski definition) is 5. The van der Waals surface area contributed by atoms with Gasteiger partial charge in [0.05, 0.1) is 13.2 Å². The molecule has 1 aliphatic heterocycles. The van der Waals surface area contributed by atoms with Crippen LogP contribution in [0.15, 0.2) is 48.5 Å². The fourth-order valence-corrected chi connectivity index (χ4v) is 2.49. The third-order valence-electron chi connectivity index (χ3n) is 3.96. The Morgan fingerprint density at radius 1 is 1.11 bits per heavy atom. The number of halogens is 1. The monoisotopic (exact) mass is 385 g/mol. The lowest BCUT2D eigenvalue weighted by Crippen LogP contribution is -2.29. The fraction of sp³-hybridized carbons (Fsp3) is 0.238. The zero-order chi connectivity index (χ0) is 19.9. The van der Waals surface area contributed by atoms with Crippen LogP contribution in [0, 0.1) is 5.82 Å². The van der Waals surface area contributed by atoms with E-state index in [1.54, 1.807) is 24.3 Å². The number of amides is 1. The summed E-state index contributed by atoms with van der Waals surface area (Å²) in [5, 5.41) is 2.55. The molecule has 2 aromatic carbocycles. The smallest absolute Gasteiger partial charge is 0.331 e. The lowest BCUT2D eigenvalue weighted by Gasteiger charge is -2.12. The van der Waals surface area contributed by atoms with E-state index in [4.69, 9.17) is 14.2 Å². The first-order valence-corrected chi connectivity index (χ1v) is 8.86. The van der Waals surface area contributed by atoms with Crippen LogP contribution in [0.3, 0.4) is 0 Å². The van der Waals surface area contributed by atoms with Crippen LogP contribution in [0.1, 0.15) is 18.9 Å². The van der Waals surface area contributed by atoms with Crippen LogP contribution >= 0.6 is 0 Å². The molecule has 1 N–H and O–H groups in total. The first-order chi connectivity index (χ1) is 13.5. The number of fused-ring (bicyclic) bond motifs is 1. The number of esters is 1. The summed E-state index contributed by atoms with van der Waals surface area (Å²) in [7, 11) is 0. The number of nitrogens with one attached hydrogen (secondary N) is 1. The van der Waals surface area contributed by atoms with Crippen LogP contribution in [0.5, 0.6) is 11.5 Å². The van der Waals surface area contributed by atoms with E-state index in [1.165, 1.54) is 37.3 Å². The Hall–Kier alpha value is -3.35. The highest BCUT2D eigenvalue weighted by Crippen LogP contribution is 2.30. The van der Waals surface area contributed by atoms with E-state index < -0.39 is 23.8 Å². The molecule has 0 unspecified atom stereocenters. The zero-order valence-corrected chi connectivity index (χ0v) is 15.3. The van der Waals surface area contributed by atoms with E-state index in [-0.39, 0.29) is 0 Å². The van der Waals surface area contributed by atoms with Crippen molar-refractivity contribution in [1.82, 2.24) is 0 Å². The van der Waals surface area contributed by atoms with E-state index in [1.807, 2.05) is 0 Å². The van der Waals surface area contributed by atoms with Crippen LogP contribution in [0.2, 0.25) is 0 Å². The summed E-state index contributed by atoms with van der Waals surface area (Å²) < 4.78 is 29.1. The Labute approximate surface area is 161 Å². The van der Waals surface area contributed by atoms with Crippen LogP contribution in [0.4, 0.5) is 10.1 Å². The van der Waals surface area contributed by atoms with Gasteiger partial charge >= 0.3 is 5.97 Å². The molecule has 0 bridgehead atoms. The molecule has 0 radical (unpaired) electrons. The summed E-state index contributed by atoms with van der Waals surface area (Å²) in [6.45, 7) is 2.63. The van der Waals surface area contributed by atoms with Crippen molar-refractivity contribution in [1.29, 1.82) is 0 Å². The fourth-order valence-electron chi connectivity index (χ4n) is 2.49. The van der Waals surface area contributed by atoms with Gasteiger partial charge in [0.25, 0.3) is 5.91 Å². The number of ether oxygens (including phenoxy) is 3. The molecule has 3 rings (SSSR count). The van der Waals surface area contributed by atoms with Crippen molar-refractivity contribution in [3.05, 3.63) is 59.9 Å².